The average Bonchev–Trinajstić information content (AvgIpc) is 2.38. The number of hydrogen-bond acceptors (Lipinski definition) is 6. The lowest BCUT2D eigenvalue weighted by Crippen LogP contribution is -2.25. The number of rotatable bonds is 3. The molecule has 106 valence electrons. The Morgan fingerprint density at radius 1 is 1.05 bits per heavy atom. The lowest BCUT2D eigenvalue weighted by Gasteiger charge is -2.23. The molecule has 0 saturated heterocycles. The molecular formula is C14H20N6. The number of aromatic nitrogens is 6. The van der Waals surface area contributed by atoms with Gasteiger partial charge in [-0.1, -0.05) is 34.6 Å². The topological polar surface area (TPSA) is 77.3 Å². The van der Waals surface area contributed by atoms with Crippen molar-refractivity contribution >= 4 is 0 Å². The lowest BCUT2D eigenvalue weighted by molar-refractivity contribution is 0.469. The van der Waals surface area contributed by atoms with Crippen LogP contribution in [0, 0.1) is 0 Å². The first kappa shape index (κ1) is 14.4. The molecule has 2 aromatic heterocycles. The minimum atomic E-state index is -0.202. The van der Waals surface area contributed by atoms with Crippen molar-refractivity contribution in [1.82, 2.24) is 30.4 Å². The van der Waals surface area contributed by atoms with Crippen molar-refractivity contribution in [2.24, 2.45) is 0 Å². The first-order chi connectivity index (χ1) is 9.29. The minimum Gasteiger partial charge on any atom is -0.221 e. The summed E-state index contributed by atoms with van der Waals surface area (Å²) < 4.78 is 0. The molecule has 0 aliphatic rings. The van der Waals surface area contributed by atoms with E-state index in [9.17, 15) is 0 Å². The number of nitrogens with zero attached hydrogens (tertiary/aromatic N) is 6. The Bertz CT molecular complexity index is 574. The lowest BCUT2D eigenvalue weighted by atomic mass is 9.85. The van der Waals surface area contributed by atoms with E-state index in [2.05, 4.69) is 65.0 Å². The summed E-state index contributed by atoms with van der Waals surface area (Å²) in [7, 11) is 0. The molecule has 0 amide bonds. The van der Waals surface area contributed by atoms with Crippen molar-refractivity contribution < 1.29 is 0 Å². The van der Waals surface area contributed by atoms with Gasteiger partial charge in [0.15, 0.2) is 0 Å². The van der Waals surface area contributed by atoms with Crippen LogP contribution in [0.15, 0.2) is 18.6 Å². The van der Waals surface area contributed by atoms with E-state index in [1.165, 1.54) is 0 Å². The third kappa shape index (κ3) is 3.31. The summed E-state index contributed by atoms with van der Waals surface area (Å²) >= 11 is 0. The van der Waals surface area contributed by atoms with E-state index < -0.39 is 0 Å². The van der Waals surface area contributed by atoms with Crippen molar-refractivity contribution in [3.8, 4) is 0 Å². The summed E-state index contributed by atoms with van der Waals surface area (Å²) in [5.74, 6) is 1.58. The molecule has 0 aliphatic carbocycles. The highest BCUT2D eigenvalue weighted by Gasteiger charge is 2.26. The van der Waals surface area contributed by atoms with Crippen LogP contribution >= 0.6 is 0 Å². The van der Waals surface area contributed by atoms with Gasteiger partial charge in [-0.05, 0) is 11.3 Å². The normalized spacial score (nSPS) is 12.4. The van der Waals surface area contributed by atoms with Gasteiger partial charge in [0.05, 0.1) is 11.9 Å². The molecule has 6 nitrogen and oxygen atoms in total. The maximum Gasteiger partial charge on any atom is 0.137 e. The van der Waals surface area contributed by atoms with E-state index >= 15 is 0 Å². The molecular weight excluding hydrogens is 252 g/mol. The van der Waals surface area contributed by atoms with Gasteiger partial charge in [-0.2, -0.15) is 0 Å². The fourth-order valence-electron chi connectivity index (χ4n) is 1.86. The Balaban J connectivity index is 2.26. The minimum absolute atomic E-state index is 0.0850. The monoisotopic (exact) mass is 272 g/mol. The highest BCUT2D eigenvalue weighted by molar-refractivity contribution is 5.14. The zero-order valence-electron chi connectivity index (χ0n) is 12.6. The summed E-state index contributed by atoms with van der Waals surface area (Å²) in [6.45, 7) is 10.5. The molecule has 0 radical (unpaired) electrons. The molecule has 0 saturated carbocycles. The third-order valence-electron chi connectivity index (χ3n) is 3.09. The van der Waals surface area contributed by atoms with Crippen LogP contribution in [-0.2, 0) is 17.3 Å². The van der Waals surface area contributed by atoms with Crippen molar-refractivity contribution in [2.75, 3.05) is 0 Å². The van der Waals surface area contributed by atoms with Crippen LogP contribution in [0.3, 0.4) is 0 Å². The molecule has 0 N–H and O–H groups in total. The van der Waals surface area contributed by atoms with Crippen molar-refractivity contribution in [2.45, 2.75) is 51.9 Å². The Kier molecular flexibility index (Phi) is 3.74. The SMILES string of the molecule is CC(C)(C)c1ncnc(CC(C)(C)c2ccnnn2)n1. The Morgan fingerprint density at radius 2 is 1.80 bits per heavy atom. The molecule has 0 bridgehead atoms. The second kappa shape index (κ2) is 5.19. The first-order valence-corrected chi connectivity index (χ1v) is 6.62. The van der Waals surface area contributed by atoms with Gasteiger partial charge in [-0.25, -0.2) is 15.0 Å². The van der Waals surface area contributed by atoms with Gasteiger partial charge in [0.25, 0.3) is 0 Å². The van der Waals surface area contributed by atoms with Crippen molar-refractivity contribution in [3.05, 3.63) is 35.9 Å². The Labute approximate surface area is 119 Å². The van der Waals surface area contributed by atoms with Gasteiger partial charge in [0.1, 0.15) is 18.0 Å². The van der Waals surface area contributed by atoms with Crippen LogP contribution in [-0.4, -0.2) is 30.4 Å². The van der Waals surface area contributed by atoms with Gasteiger partial charge in [0, 0.05) is 17.3 Å². The van der Waals surface area contributed by atoms with Gasteiger partial charge < -0.3 is 0 Å². The van der Waals surface area contributed by atoms with Crippen LogP contribution in [0.5, 0.6) is 0 Å². The summed E-state index contributed by atoms with van der Waals surface area (Å²) in [4.78, 5) is 13.1. The van der Waals surface area contributed by atoms with E-state index in [4.69, 9.17) is 0 Å². The quantitative estimate of drug-likeness (QED) is 0.849. The maximum absolute atomic E-state index is 4.57. The van der Waals surface area contributed by atoms with Crippen LogP contribution in [0.1, 0.15) is 52.0 Å². The molecule has 2 aromatic rings. The van der Waals surface area contributed by atoms with E-state index in [1.807, 2.05) is 6.07 Å². The molecule has 2 heterocycles. The van der Waals surface area contributed by atoms with Crippen LogP contribution in [0.2, 0.25) is 0 Å². The second-order valence-corrected chi connectivity index (χ2v) is 6.54. The van der Waals surface area contributed by atoms with Crippen molar-refractivity contribution in [1.29, 1.82) is 0 Å². The number of hydrogen-bond donors (Lipinski definition) is 0. The van der Waals surface area contributed by atoms with E-state index in [-0.39, 0.29) is 10.8 Å². The molecule has 0 atom stereocenters. The van der Waals surface area contributed by atoms with Gasteiger partial charge in [0.2, 0.25) is 0 Å². The molecule has 0 unspecified atom stereocenters. The largest absolute Gasteiger partial charge is 0.221 e. The molecule has 0 spiro atoms. The molecule has 6 heteroatoms. The van der Waals surface area contributed by atoms with Crippen LogP contribution < -0.4 is 0 Å². The Hall–Kier alpha value is -1.98. The third-order valence-corrected chi connectivity index (χ3v) is 3.09. The fourth-order valence-corrected chi connectivity index (χ4v) is 1.86. The molecule has 0 aromatic carbocycles. The summed E-state index contributed by atoms with van der Waals surface area (Å²) in [5.41, 5.74) is 0.593. The molecule has 0 fully saturated rings. The molecule has 2 rings (SSSR count). The van der Waals surface area contributed by atoms with E-state index in [0.29, 0.717) is 6.42 Å². The maximum atomic E-state index is 4.57. The summed E-state index contributed by atoms with van der Waals surface area (Å²) in [5, 5.41) is 11.5. The second-order valence-electron chi connectivity index (χ2n) is 6.54. The molecule has 0 aliphatic heterocycles. The highest BCUT2D eigenvalue weighted by Crippen LogP contribution is 2.24. The van der Waals surface area contributed by atoms with Gasteiger partial charge in [-0.15, -0.1) is 10.2 Å². The van der Waals surface area contributed by atoms with Gasteiger partial charge in [-0.3, -0.25) is 0 Å². The first-order valence-electron chi connectivity index (χ1n) is 6.62. The van der Waals surface area contributed by atoms with Crippen molar-refractivity contribution in [3.63, 3.8) is 0 Å². The smallest absolute Gasteiger partial charge is 0.137 e. The zero-order valence-corrected chi connectivity index (χ0v) is 12.6. The average molecular weight is 272 g/mol. The van der Waals surface area contributed by atoms with Crippen LogP contribution in [0.25, 0.3) is 0 Å². The fraction of sp³-hybridized carbons (Fsp3) is 0.571. The van der Waals surface area contributed by atoms with E-state index in [1.54, 1.807) is 12.5 Å². The van der Waals surface area contributed by atoms with Crippen LogP contribution in [0.4, 0.5) is 0 Å². The molecule has 20 heavy (non-hydrogen) atoms. The predicted molar refractivity (Wildman–Crippen MR) is 75.1 cm³/mol. The highest BCUT2D eigenvalue weighted by atomic mass is 15.3. The summed E-state index contributed by atoms with van der Waals surface area (Å²) in [6.07, 6.45) is 3.91. The predicted octanol–water partition coefficient (Wildman–Crippen LogP) is 1.87. The van der Waals surface area contributed by atoms with Gasteiger partial charge >= 0.3 is 0 Å². The standard InChI is InChI=1S/C14H20N6/c1-13(2,3)12-16-9-15-11(18-12)8-14(4,5)10-6-7-17-20-19-10/h6-7,9H,8H2,1-5H3. The van der Waals surface area contributed by atoms with E-state index in [0.717, 1.165) is 17.3 Å². The summed E-state index contributed by atoms with van der Waals surface area (Å²) in [6, 6.07) is 1.87. The Morgan fingerprint density at radius 3 is 2.40 bits per heavy atom. The zero-order chi connectivity index (χ0) is 14.8.